The van der Waals surface area contributed by atoms with Crippen molar-refractivity contribution < 1.29 is 9.47 Å². The zero-order chi connectivity index (χ0) is 13.7. The van der Waals surface area contributed by atoms with Crippen LogP contribution in [0.15, 0.2) is 17.8 Å². The van der Waals surface area contributed by atoms with Crippen molar-refractivity contribution in [3.8, 4) is 0 Å². The molecule has 4 unspecified atom stereocenters. The van der Waals surface area contributed by atoms with Crippen LogP contribution in [0.4, 0.5) is 5.82 Å². The minimum absolute atomic E-state index is 0.0397. The minimum atomic E-state index is -0.335. The second-order valence-electron chi connectivity index (χ2n) is 4.63. The van der Waals surface area contributed by atoms with Crippen LogP contribution in [0.25, 0.3) is 21.6 Å². The molecule has 2 aliphatic rings. The molecule has 2 saturated heterocycles. The molecule has 0 spiro atoms. The number of imidazole rings is 1. The third-order valence-corrected chi connectivity index (χ3v) is 3.51. The molecule has 102 valence electrons. The maximum atomic E-state index is 8.36. The number of rotatable bonds is 3. The van der Waals surface area contributed by atoms with Gasteiger partial charge in [0.1, 0.15) is 24.1 Å². The summed E-state index contributed by atoms with van der Waals surface area (Å²) in [5.41, 5.74) is 15.2. The predicted octanol–water partition coefficient (Wildman–Crippen LogP) is 0.384. The van der Waals surface area contributed by atoms with Gasteiger partial charge in [0.2, 0.25) is 0 Å². The van der Waals surface area contributed by atoms with E-state index in [2.05, 4.69) is 25.0 Å². The van der Waals surface area contributed by atoms with Crippen LogP contribution >= 0.6 is 0 Å². The van der Waals surface area contributed by atoms with Crippen LogP contribution in [0, 0.1) is 0 Å². The van der Waals surface area contributed by atoms with E-state index in [4.69, 9.17) is 20.7 Å². The van der Waals surface area contributed by atoms with Crippen LogP contribution in [-0.4, -0.2) is 44.4 Å². The summed E-state index contributed by atoms with van der Waals surface area (Å²) in [5, 5.41) is 3.53. The highest BCUT2D eigenvalue weighted by molar-refractivity contribution is 5.81. The highest BCUT2D eigenvalue weighted by Crippen LogP contribution is 2.45. The molecular weight excluding hydrogens is 264 g/mol. The molecule has 4 heterocycles. The molecule has 2 aromatic rings. The van der Waals surface area contributed by atoms with Crippen LogP contribution in [0.5, 0.6) is 0 Å². The number of fused-ring (bicyclic) bond motifs is 2. The first-order valence-corrected chi connectivity index (χ1v) is 6.04. The van der Waals surface area contributed by atoms with Crippen molar-refractivity contribution in [2.75, 3.05) is 12.3 Å². The van der Waals surface area contributed by atoms with Gasteiger partial charge in [0.15, 0.2) is 17.7 Å². The van der Waals surface area contributed by atoms with Crippen LogP contribution in [0.1, 0.15) is 6.23 Å². The Morgan fingerprint density at radius 1 is 1.35 bits per heavy atom. The van der Waals surface area contributed by atoms with E-state index in [1.807, 2.05) is 0 Å². The average molecular weight is 274 g/mol. The summed E-state index contributed by atoms with van der Waals surface area (Å²) in [4.78, 5) is 15.0. The number of hydrogen-bond donors (Lipinski definition) is 1. The standard InChI is InChI=1S/C10H10N8O2/c11-8-5-9(14-2-13-8)18(3-15-5)10-7-6(20-7)4(19-10)1-16-17-12/h2-4,6-7,10H,1H2,(H2,11,13,14). The molecule has 4 rings (SSSR count). The Balaban J connectivity index is 1.68. The number of epoxide rings is 1. The van der Waals surface area contributed by atoms with E-state index in [1.54, 1.807) is 10.9 Å². The number of azide groups is 1. The lowest BCUT2D eigenvalue weighted by atomic mass is 10.2. The lowest BCUT2D eigenvalue weighted by Gasteiger charge is -2.17. The third-order valence-electron chi connectivity index (χ3n) is 3.51. The lowest BCUT2D eigenvalue weighted by molar-refractivity contribution is -0.0605. The largest absolute Gasteiger partial charge is 0.382 e. The van der Waals surface area contributed by atoms with Crippen LogP contribution < -0.4 is 5.73 Å². The van der Waals surface area contributed by atoms with Gasteiger partial charge in [0.05, 0.1) is 19.0 Å². The van der Waals surface area contributed by atoms with Crippen molar-refractivity contribution in [3.05, 3.63) is 23.1 Å². The molecule has 0 aliphatic carbocycles. The van der Waals surface area contributed by atoms with Gasteiger partial charge in [-0.05, 0) is 5.53 Å². The van der Waals surface area contributed by atoms with E-state index in [1.165, 1.54) is 6.33 Å². The first kappa shape index (κ1) is 11.4. The van der Waals surface area contributed by atoms with E-state index >= 15 is 0 Å². The summed E-state index contributed by atoms with van der Waals surface area (Å²) < 4.78 is 13.2. The molecular formula is C10H10N8O2. The van der Waals surface area contributed by atoms with Gasteiger partial charge < -0.3 is 15.2 Å². The van der Waals surface area contributed by atoms with Gasteiger partial charge in [-0.2, -0.15) is 0 Å². The Hall–Kier alpha value is -2.42. The number of nitrogens with two attached hydrogens (primary N) is 1. The highest BCUT2D eigenvalue weighted by Gasteiger charge is 2.58. The van der Waals surface area contributed by atoms with E-state index in [0.29, 0.717) is 17.0 Å². The van der Waals surface area contributed by atoms with Crippen LogP contribution in [-0.2, 0) is 9.47 Å². The SMILES string of the molecule is [N-]=[N+]=NCC1OC(n2cnc3c(N)ncnc32)C2OC12. The maximum absolute atomic E-state index is 8.36. The summed E-state index contributed by atoms with van der Waals surface area (Å²) in [6.45, 7) is 0.248. The fourth-order valence-electron chi connectivity index (χ4n) is 2.54. The van der Waals surface area contributed by atoms with Crippen molar-refractivity contribution in [2.45, 2.75) is 24.5 Å². The molecule has 10 heteroatoms. The Labute approximate surface area is 112 Å². The Morgan fingerprint density at radius 3 is 3.10 bits per heavy atom. The molecule has 0 radical (unpaired) electrons. The van der Waals surface area contributed by atoms with E-state index in [0.717, 1.165) is 0 Å². The van der Waals surface area contributed by atoms with E-state index in [9.17, 15) is 0 Å². The second kappa shape index (κ2) is 4.04. The summed E-state index contributed by atoms with van der Waals surface area (Å²) in [6, 6.07) is 0. The first-order valence-electron chi connectivity index (χ1n) is 6.04. The quantitative estimate of drug-likeness (QED) is 0.371. The molecule has 0 bridgehead atoms. The molecule has 2 aromatic heterocycles. The average Bonchev–Trinajstić information content (AvgIpc) is 2.99. The molecule has 2 aliphatic heterocycles. The zero-order valence-electron chi connectivity index (χ0n) is 10.2. The molecule has 0 amide bonds. The van der Waals surface area contributed by atoms with Crippen molar-refractivity contribution in [2.24, 2.45) is 5.11 Å². The van der Waals surface area contributed by atoms with Crippen molar-refractivity contribution >= 4 is 17.0 Å². The monoisotopic (exact) mass is 274 g/mol. The summed E-state index contributed by atoms with van der Waals surface area (Å²) in [6.07, 6.45) is 2.31. The molecule has 2 fully saturated rings. The van der Waals surface area contributed by atoms with Gasteiger partial charge in [-0.15, -0.1) is 0 Å². The molecule has 0 aromatic carbocycles. The van der Waals surface area contributed by atoms with Gasteiger partial charge in [0.25, 0.3) is 0 Å². The van der Waals surface area contributed by atoms with Crippen LogP contribution in [0.2, 0.25) is 0 Å². The zero-order valence-corrected chi connectivity index (χ0v) is 10.2. The second-order valence-corrected chi connectivity index (χ2v) is 4.63. The van der Waals surface area contributed by atoms with E-state index < -0.39 is 0 Å². The first-order chi connectivity index (χ1) is 9.79. The van der Waals surface area contributed by atoms with Crippen molar-refractivity contribution in [1.82, 2.24) is 19.5 Å². The Kier molecular flexibility index (Phi) is 2.30. The predicted molar refractivity (Wildman–Crippen MR) is 66.3 cm³/mol. The molecule has 4 atom stereocenters. The number of aromatic nitrogens is 4. The normalized spacial score (nSPS) is 31.0. The van der Waals surface area contributed by atoms with Crippen molar-refractivity contribution in [3.63, 3.8) is 0 Å². The minimum Gasteiger partial charge on any atom is -0.382 e. The van der Waals surface area contributed by atoms with Gasteiger partial charge in [0, 0.05) is 4.91 Å². The smallest absolute Gasteiger partial charge is 0.167 e. The molecule has 10 nitrogen and oxygen atoms in total. The number of ether oxygens (including phenoxy) is 2. The fraction of sp³-hybridized carbons (Fsp3) is 0.500. The van der Waals surface area contributed by atoms with Crippen LogP contribution in [0.3, 0.4) is 0 Å². The lowest BCUT2D eigenvalue weighted by Crippen LogP contribution is -2.21. The van der Waals surface area contributed by atoms with Gasteiger partial charge in [-0.3, -0.25) is 4.57 Å². The third kappa shape index (κ3) is 1.53. The number of nitrogen functional groups attached to an aromatic ring is 1. The van der Waals surface area contributed by atoms with Gasteiger partial charge >= 0.3 is 0 Å². The topological polar surface area (TPSA) is 140 Å². The number of hydrogen-bond acceptors (Lipinski definition) is 7. The Morgan fingerprint density at radius 2 is 2.25 bits per heavy atom. The van der Waals surface area contributed by atoms with Gasteiger partial charge in [-0.1, -0.05) is 5.11 Å². The number of anilines is 1. The maximum Gasteiger partial charge on any atom is 0.167 e. The fourth-order valence-corrected chi connectivity index (χ4v) is 2.54. The molecule has 20 heavy (non-hydrogen) atoms. The highest BCUT2D eigenvalue weighted by atomic mass is 16.7. The molecule has 0 saturated carbocycles. The number of nitrogens with zero attached hydrogens (tertiary/aromatic N) is 7. The van der Waals surface area contributed by atoms with E-state index in [-0.39, 0.29) is 31.1 Å². The summed E-state index contributed by atoms with van der Waals surface area (Å²) in [5.74, 6) is 0.325. The summed E-state index contributed by atoms with van der Waals surface area (Å²) >= 11 is 0. The van der Waals surface area contributed by atoms with Gasteiger partial charge in [-0.25, -0.2) is 15.0 Å². The summed E-state index contributed by atoms with van der Waals surface area (Å²) in [7, 11) is 0. The van der Waals surface area contributed by atoms with Crippen molar-refractivity contribution in [1.29, 1.82) is 0 Å². The molecule has 2 N–H and O–H groups in total. The Bertz CT molecular complexity index is 723.